The fraction of sp³-hybridized carbons (Fsp3) is 0.941. The molecule has 25 atom stereocenters. The van der Waals surface area contributed by atoms with Crippen molar-refractivity contribution in [2.45, 2.75) is 181 Å². The molecule has 5 rings (SSSR count). The molecule has 60 heavy (non-hydrogen) atoms. The molecule has 0 aromatic heterocycles. The van der Waals surface area contributed by atoms with Crippen molar-refractivity contribution < 1.29 is 119 Å². The van der Waals surface area contributed by atoms with E-state index in [0.29, 0.717) is 0 Å². The van der Waals surface area contributed by atoms with Gasteiger partial charge in [0.2, 0.25) is 11.8 Å². The minimum atomic E-state index is -2.12. The number of hydrogen-bond donors (Lipinski definition) is 15. The maximum atomic E-state index is 12.3. The molecule has 5 saturated heterocycles. The van der Waals surface area contributed by atoms with Crippen molar-refractivity contribution >= 4 is 11.8 Å². The van der Waals surface area contributed by atoms with Crippen LogP contribution in [0.25, 0.3) is 0 Å². The first kappa shape index (κ1) is 49.1. The Labute approximate surface area is 342 Å². The first-order chi connectivity index (χ1) is 28.2. The van der Waals surface area contributed by atoms with Crippen LogP contribution < -0.4 is 10.6 Å². The molecule has 0 unspecified atom stereocenters. The summed E-state index contributed by atoms with van der Waals surface area (Å²) in [6.07, 6.45) is -38.5. The minimum Gasteiger partial charge on any atom is -0.394 e. The van der Waals surface area contributed by atoms with E-state index in [1.807, 2.05) is 0 Å². The highest BCUT2D eigenvalue weighted by atomic mass is 16.8. The van der Waals surface area contributed by atoms with E-state index in [1.165, 1.54) is 13.8 Å². The van der Waals surface area contributed by atoms with Crippen LogP contribution in [0.3, 0.4) is 0 Å². The van der Waals surface area contributed by atoms with E-state index < -0.39 is 185 Å². The first-order valence-electron chi connectivity index (χ1n) is 19.3. The van der Waals surface area contributed by atoms with Crippen molar-refractivity contribution in [1.82, 2.24) is 10.6 Å². The number of amides is 2. The fourth-order valence-electron chi connectivity index (χ4n) is 7.61. The predicted octanol–water partition coefficient (Wildman–Crippen LogP) is -9.58. The number of ether oxygens (including phenoxy) is 9. The van der Waals surface area contributed by atoms with Crippen LogP contribution in [-0.4, -0.2) is 251 Å². The number of carbonyl (C=O) groups is 2. The Morgan fingerprint density at radius 2 is 0.883 bits per heavy atom. The highest BCUT2D eigenvalue weighted by molar-refractivity contribution is 5.73. The van der Waals surface area contributed by atoms with Crippen LogP contribution in [0.5, 0.6) is 0 Å². The third-order valence-electron chi connectivity index (χ3n) is 11.0. The predicted molar refractivity (Wildman–Crippen MR) is 187 cm³/mol. The van der Waals surface area contributed by atoms with Crippen molar-refractivity contribution in [3.8, 4) is 0 Å². The van der Waals surface area contributed by atoms with Crippen molar-refractivity contribution in [3.63, 3.8) is 0 Å². The standard InChI is InChI=1S/C34H58N2O24/c1-8-17(41)22(46)25(49)33(53-8)58-27-15(35-10(3)39)31(56-12(5-37)20(27)44)52-7-14-19(43)24(48)29(30(51)55-14)60-32-16(36-11(4)40)28(21(45)13(6-38)57-32)59-34-26(50)23(47)18(42)9(2)54-34/h8-9,12-34,37-38,41-51H,5-7H2,1-4H3,(H,35,39)(H,36,40)/t8-,9-,12+,13+,14+,15+,16+,17+,18+,19+,20+,21+,22+,23+,24-,25-,26-,27+,28+,29-,30-,31+,32-,33-,34-/m0/s1. The Hall–Kier alpha value is -1.94. The van der Waals surface area contributed by atoms with Gasteiger partial charge in [-0.25, -0.2) is 0 Å². The second-order valence-corrected chi connectivity index (χ2v) is 15.4. The Balaban J connectivity index is 1.30. The monoisotopic (exact) mass is 878 g/mol. The van der Waals surface area contributed by atoms with Crippen LogP contribution in [0.2, 0.25) is 0 Å². The molecule has 5 aliphatic rings. The Bertz CT molecular complexity index is 1400. The van der Waals surface area contributed by atoms with E-state index in [2.05, 4.69) is 10.6 Å². The van der Waals surface area contributed by atoms with Crippen LogP contribution in [0.4, 0.5) is 0 Å². The van der Waals surface area contributed by atoms with Gasteiger partial charge in [0.25, 0.3) is 0 Å². The Morgan fingerprint density at radius 3 is 1.32 bits per heavy atom. The zero-order valence-electron chi connectivity index (χ0n) is 32.9. The molecular formula is C34H58N2O24. The van der Waals surface area contributed by atoms with Crippen LogP contribution in [0, 0.1) is 0 Å². The average Bonchev–Trinajstić information content (AvgIpc) is 3.19. The zero-order chi connectivity index (χ0) is 44.5. The van der Waals surface area contributed by atoms with Gasteiger partial charge in [0, 0.05) is 13.8 Å². The molecule has 15 N–H and O–H groups in total. The number of carbonyl (C=O) groups excluding carboxylic acids is 2. The topological polar surface area (TPSA) is 404 Å². The van der Waals surface area contributed by atoms with Crippen molar-refractivity contribution in [2.75, 3.05) is 19.8 Å². The molecule has 348 valence electrons. The van der Waals surface area contributed by atoms with Crippen molar-refractivity contribution in [3.05, 3.63) is 0 Å². The second kappa shape index (κ2) is 20.7. The maximum absolute atomic E-state index is 12.3. The lowest BCUT2D eigenvalue weighted by Gasteiger charge is -2.49. The molecule has 0 spiro atoms. The molecule has 0 aliphatic carbocycles. The molecule has 0 aromatic rings. The number of hydrogen-bond acceptors (Lipinski definition) is 24. The highest BCUT2D eigenvalue weighted by Crippen LogP contribution is 2.34. The zero-order valence-corrected chi connectivity index (χ0v) is 32.9. The number of rotatable bonds is 13. The van der Waals surface area contributed by atoms with Gasteiger partial charge in [-0.2, -0.15) is 0 Å². The van der Waals surface area contributed by atoms with Gasteiger partial charge in [0.05, 0.1) is 32.0 Å². The molecule has 0 radical (unpaired) electrons. The second-order valence-electron chi connectivity index (χ2n) is 15.4. The van der Waals surface area contributed by atoms with E-state index in [9.17, 15) is 76.0 Å². The Morgan fingerprint density at radius 1 is 0.467 bits per heavy atom. The average molecular weight is 879 g/mol. The summed E-state index contributed by atoms with van der Waals surface area (Å²) in [6.45, 7) is 2.46. The molecule has 0 saturated carbocycles. The molecule has 26 nitrogen and oxygen atoms in total. The van der Waals surface area contributed by atoms with Gasteiger partial charge >= 0.3 is 0 Å². The fourth-order valence-corrected chi connectivity index (χ4v) is 7.61. The van der Waals surface area contributed by atoms with Gasteiger partial charge in [0.15, 0.2) is 31.5 Å². The summed E-state index contributed by atoms with van der Waals surface area (Å²) in [5.41, 5.74) is 0. The molecule has 0 bridgehead atoms. The molecule has 5 heterocycles. The van der Waals surface area contributed by atoms with E-state index in [0.717, 1.165) is 13.8 Å². The third kappa shape index (κ3) is 10.5. The van der Waals surface area contributed by atoms with Crippen LogP contribution >= 0.6 is 0 Å². The lowest BCUT2D eigenvalue weighted by Crippen LogP contribution is -2.69. The summed E-state index contributed by atoms with van der Waals surface area (Å²) in [5, 5.41) is 142. The summed E-state index contributed by atoms with van der Waals surface area (Å²) >= 11 is 0. The number of aliphatic hydroxyl groups is 13. The summed E-state index contributed by atoms with van der Waals surface area (Å²) in [6, 6.07) is -3.03. The quantitative estimate of drug-likeness (QED) is 0.0817. The third-order valence-corrected chi connectivity index (χ3v) is 11.0. The van der Waals surface area contributed by atoms with Gasteiger partial charge in [-0.3, -0.25) is 9.59 Å². The molecule has 0 aromatic carbocycles. The Kier molecular flexibility index (Phi) is 16.9. The van der Waals surface area contributed by atoms with E-state index in [-0.39, 0.29) is 0 Å². The summed E-state index contributed by atoms with van der Waals surface area (Å²) in [5.74, 6) is -1.44. The lowest BCUT2D eigenvalue weighted by atomic mass is 9.94. The summed E-state index contributed by atoms with van der Waals surface area (Å²) in [4.78, 5) is 24.7. The number of nitrogens with one attached hydrogen (secondary N) is 2. The van der Waals surface area contributed by atoms with Crippen molar-refractivity contribution in [2.24, 2.45) is 0 Å². The van der Waals surface area contributed by atoms with Crippen molar-refractivity contribution in [1.29, 1.82) is 0 Å². The van der Waals surface area contributed by atoms with Gasteiger partial charge in [-0.1, -0.05) is 0 Å². The van der Waals surface area contributed by atoms with E-state index in [1.54, 1.807) is 0 Å². The molecule has 5 aliphatic heterocycles. The summed E-state index contributed by atoms with van der Waals surface area (Å²) in [7, 11) is 0. The summed E-state index contributed by atoms with van der Waals surface area (Å²) < 4.78 is 51.1. The van der Waals surface area contributed by atoms with E-state index in [4.69, 9.17) is 42.6 Å². The normalized spacial score (nSPS) is 50.2. The van der Waals surface area contributed by atoms with Gasteiger partial charge in [0.1, 0.15) is 110 Å². The SMILES string of the molecule is CC(=O)N[C@H]1[C@H](OC[C@H]2O[C@H](O)[C@@H](O[C@@H]3O[C@H](CO)[C@@H](O)[C@H](O[C@@H]4O[C@@H](C)[C@@H](O)[C@@H](O)[C@@H]4O)[C@H]3NC(C)=O)[C@@H](O)[C@@H]2O)O[C@H](CO)[C@@H](O)[C@@H]1O[C@@H]1O[C@@H](C)[C@@H](O)[C@@H](O)[C@@H]1O. The molecule has 26 heteroatoms. The largest absolute Gasteiger partial charge is 0.394 e. The highest BCUT2D eigenvalue weighted by Gasteiger charge is 2.55. The maximum Gasteiger partial charge on any atom is 0.217 e. The van der Waals surface area contributed by atoms with Crippen LogP contribution in [0.1, 0.15) is 27.7 Å². The molecular weight excluding hydrogens is 820 g/mol. The van der Waals surface area contributed by atoms with Gasteiger partial charge in [-0.05, 0) is 13.8 Å². The van der Waals surface area contributed by atoms with E-state index >= 15 is 0 Å². The smallest absolute Gasteiger partial charge is 0.217 e. The first-order valence-corrected chi connectivity index (χ1v) is 19.3. The van der Waals surface area contributed by atoms with Crippen LogP contribution in [-0.2, 0) is 52.2 Å². The van der Waals surface area contributed by atoms with Gasteiger partial charge < -0.3 is 120 Å². The minimum absolute atomic E-state index is 0.700. The van der Waals surface area contributed by atoms with Crippen LogP contribution in [0.15, 0.2) is 0 Å². The number of aliphatic hydroxyl groups excluding tert-OH is 13. The lowest BCUT2D eigenvalue weighted by molar-refractivity contribution is -0.369. The van der Waals surface area contributed by atoms with Gasteiger partial charge in [-0.15, -0.1) is 0 Å². The molecule has 2 amide bonds. The molecule has 5 fully saturated rings.